The lowest BCUT2D eigenvalue weighted by atomic mass is 9.91. The molecule has 1 fully saturated rings. The number of rotatable bonds is 7. The molecule has 0 aliphatic carbocycles. The first-order chi connectivity index (χ1) is 15.6. The normalized spacial score (nSPS) is 18.5. The highest BCUT2D eigenvalue weighted by Gasteiger charge is 2.32. The summed E-state index contributed by atoms with van der Waals surface area (Å²) in [5.41, 5.74) is 5.76. The maximum Gasteiger partial charge on any atom is 0.254 e. The number of piperidine rings is 1. The van der Waals surface area contributed by atoms with Gasteiger partial charge in [0.25, 0.3) is 5.91 Å². The van der Waals surface area contributed by atoms with Gasteiger partial charge in [-0.3, -0.25) is 4.79 Å². The van der Waals surface area contributed by atoms with Gasteiger partial charge in [-0.2, -0.15) is 0 Å². The number of benzene rings is 3. The van der Waals surface area contributed by atoms with Crippen molar-refractivity contribution in [2.45, 2.75) is 51.6 Å². The highest BCUT2D eigenvalue weighted by Crippen LogP contribution is 2.24. The summed E-state index contributed by atoms with van der Waals surface area (Å²) in [5.74, 6) is 0.167. The van der Waals surface area contributed by atoms with E-state index in [0.29, 0.717) is 6.04 Å². The van der Waals surface area contributed by atoms with E-state index < -0.39 is 0 Å². The molecule has 3 aromatic rings. The van der Waals surface area contributed by atoms with Crippen LogP contribution in [0.2, 0.25) is 0 Å². The van der Waals surface area contributed by atoms with E-state index in [9.17, 15) is 4.79 Å². The van der Waals surface area contributed by atoms with Gasteiger partial charge in [0.15, 0.2) is 0 Å². The number of aryl methyl sites for hydroxylation is 2. The lowest BCUT2D eigenvalue weighted by Crippen LogP contribution is -2.52. The van der Waals surface area contributed by atoms with Gasteiger partial charge in [-0.25, -0.2) is 0 Å². The molecule has 2 atom stereocenters. The van der Waals surface area contributed by atoms with Crippen molar-refractivity contribution in [2.24, 2.45) is 0 Å². The second-order valence-electron chi connectivity index (χ2n) is 9.13. The van der Waals surface area contributed by atoms with Crippen LogP contribution in [0.25, 0.3) is 0 Å². The fourth-order valence-corrected chi connectivity index (χ4v) is 4.91. The van der Waals surface area contributed by atoms with Gasteiger partial charge in [-0.05, 0) is 69.3 Å². The summed E-state index contributed by atoms with van der Waals surface area (Å²) >= 11 is 0. The van der Waals surface area contributed by atoms with Crippen molar-refractivity contribution in [2.75, 3.05) is 13.1 Å². The zero-order valence-corrected chi connectivity index (χ0v) is 19.3. The van der Waals surface area contributed by atoms with Crippen LogP contribution in [0.3, 0.4) is 0 Å². The molecule has 0 saturated carbocycles. The predicted octanol–water partition coefficient (Wildman–Crippen LogP) is 5.35. The fraction of sp³-hybridized carbons (Fsp3) is 0.345. The first-order valence-corrected chi connectivity index (χ1v) is 11.8. The quantitative estimate of drug-likeness (QED) is 0.552. The Morgan fingerprint density at radius 3 is 2.19 bits per heavy atom. The Morgan fingerprint density at radius 2 is 1.53 bits per heavy atom. The minimum absolute atomic E-state index is 0.167. The average molecular weight is 427 g/mol. The van der Waals surface area contributed by atoms with Crippen LogP contribution in [-0.4, -0.2) is 36.0 Å². The fourth-order valence-electron chi connectivity index (χ4n) is 4.91. The van der Waals surface area contributed by atoms with Gasteiger partial charge in [0.05, 0.1) is 0 Å². The molecule has 1 aliphatic rings. The molecule has 1 heterocycles. The molecule has 0 bridgehead atoms. The number of carbonyl (C=O) groups is 1. The van der Waals surface area contributed by atoms with Crippen molar-refractivity contribution in [3.8, 4) is 0 Å². The van der Waals surface area contributed by atoms with Gasteiger partial charge in [-0.1, -0.05) is 77.9 Å². The molecule has 3 nitrogen and oxygen atoms in total. The van der Waals surface area contributed by atoms with E-state index in [1.54, 1.807) is 0 Å². The second kappa shape index (κ2) is 10.6. The Morgan fingerprint density at radius 1 is 0.906 bits per heavy atom. The monoisotopic (exact) mass is 426 g/mol. The first-order valence-electron chi connectivity index (χ1n) is 11.8. The zero-order valence-electron chi connectivity index (χ0n) is 19.3. The van der Waals surface area contributed by atoms with Crippen LogP contribution in [-0.2, 0) is 12.8 Å². The molecule has 3 heteroatoms. The van der Waals surface area contributed by atoms with Crippen molar-refractivity contribution in [1.29, 1.82) is 0 Å². The van der Waals surface area contributed by atoms with E-state index in [4.69, 9.17) is 0 Å². The number of nitrogens with zero attached hydrogens (tertiary/aromatic N) is 1. The molecule has 0 spiro atoms. The highest BCUT2D eigenvalue weighted by atomic mass is 16.2. The standard InChI is InChI=1S/C29H34N2O/c1-22-17-23(2)19-26(18-22)29(32)31-16-14-27(30-15-13-24-9-5-3-6-10-24)21-28(31)20-25-11-7-4-8-12-25/h3-12,17-19,27-28,30H,13-16,20-21H2,1-2H3/t27-,28-/m1/s1. The third-order valence-corrected chi connectivity index (χ3v) is 6.45. The number of hydrogen-bond donors (Lipinski definition) is 1. The van der Waals surface area contributed by atoms with Crippen LogP contribution in [0.4, 0.5) is 0 Å². The van der Waals surface area contributed by atoms with E-state index in [2.05, 4.69) is 90.8 Å². The van der Waals surface area contributed by atoms with Crippen LogP contribution < -0.4 is 5.32 Å². The van der Waals surface area contributed by atoms with Crippen molar-refractivity contribution >= 4 is 5.91 Å². The highest BCUT2D eigenvalue weighted by molar-refractivity contribution is 5.95. The predicted molar refractivity (Wildman–Crippen MR) is 132 cm³/mol. The summed E-state index contributed by atoms with van der Waals surface area (Å²) in [4.78, 5) is 15.6. The Hall–Kier alpha value is -2.91. The number of nitrogens with one attached hydrogen (secondary N) is 1. The van der Waals surface area contributed by atoms with Gasteiger partial charge < -0.3 is 10.2 Å². The third kappa shape index (κ3) is 5.86. The molecule has 4 rings (SSSR count). The number of hydrogen-bond acceptors (Lipinski definition) is 2. The van der Waals surface area contributed by atoms with Crippen LogP contribution in [0, 0.1) is 13.8 Å². The van der Waals surface area contributed by atoms with Gasteiger partial charge in [-0.15, -0.1) is 0 Å². The Labute approximate surface area is 192 Å². The molecule has 1 amide bonds. The van der Waals surface area contributed by atoms with Gasteiger partial charge in [0, 0.05) is 24.2 Å². The van der Waals surface area contributed by atoms with E-state index in [1.165, 1.54) is 11.1 Å². The zero-order chi connectivity index (χ0) is 22.3. The maximum atomic E-state index is 13.5. The number of likely N-dealkylation sites (tertiary alicyclic amines) is 1. The van der Waals surface area contributed by atoms with Gasteiger partial charge >= 0.3 is 0 Å². The van der Waals surface area contributed by atoms with Gasteiger partial charge in [0.2, 0.25) is 0 Å². The molecule has 166 valence electrons. The van der Waals surface area contributed by atoms with Crippen molar-refractivity contribution in [1.82, 2.24) is 10.2 Å². The van der Waals surface area contributed by atoms with Crippen LogP contribution in [0.15, 0.2) is 78.9 Å². The van der Waals surface area contributed by atoms with Crippen molar-refractivity contribution in [3.05, 3.63) is 107 Å². The van der Waals surface area contributed by atoms with Crippen LogP contribution in [0.1, 0.15) is 45.5 Å². The summed E-state index contributed by atoms with van der Waals surface area (Å²) in [6.07, 6.45) is 3.91. The Kier molecular flexibility index (Phi) is 7.39. The third-order valence-electron chi connectivity index (χ3n) is 6.45. The minimum Gasteiger partial charge on any atom is -0.335 e. The molecule has 1 aliphatic heterocycles. The smallest absolute Gasteiger partial charge is 0.254 e. The van der Waals surface area contributed by atoms with Crippen molar-refractivity contribution < 1.29 is 4.79 Å². The Balaban J connectivity index is 1.45. The van der Waals surface area contributed by atoms with E-state index in [-0.39, 0.29) is 11.9 Å². The second-order valence-corrected chi connectivity index (χ2v) is 9.13. The summed E-state index contributed by atoms with van der Waals surface area (Å²) in [6, 6.07) is 28.0. The molecule has 0 aromatic heterocycles. The van der Waals surface area contributed by atoms with Crippen molar-refractivity contribution in [3.63, 3.8) is 0 Å². The van der Waals surface area contributed by atoms with Gasteiger partial charge in [0.1, 0.15) is 0 Å². The first kappa shape index (κ1) is 22.3. The molecule has 0 unspecified atom stereocenters. The van der Waals surface area contributed by atoms with Crippen LogP contribution in [0.5, 0.6) is 0 Å². The minimum atomic E-state index is 0.167. The molecular formula is C29H34N2O. The summed E-state index contributed by atoms with van der Waals surface area (Å²) < 4.78 is 0. The topological polar surface area (TPSA) is 32.3 Å². The van der Waals surface area contributed by atoms with E-state index in [0.717, 1.165) is 55.5 Å². The SMILES string of the molecule is Cc1cc(C)cc(C(=O)N2CC[C@@H](NCCc3ccccc3)C[C@H]2Cc2ccccc2)c1. The number of carbonyl (C=O) groups excluding carboxylic acids is 1. The molecule has 0 radical (unpaired) electrons. The maximum absolute atomic E-state index is 13.5. The molecular weight excluding hydrogens is 392 g/mol. The lowest BCUT2D eigenvalue weighted by Gasteiger charge is -2.40. The lowest BCUT2D eigenvalue weighted by molar-refractivity contribution is 0.0577. The molecule has 3 aromatic carbocycles. The molecule has 1 N–H and O–H groups in total. The summed E-state index contributed by atoms with van der Waals surface area (Å²) in [6.45, 7) is 5.90. The summed E-state index contributed by atoms with van der Waals surface area (Å²) in [5, 5.41) is 3.77. The molecule has 32 heavy (non-hydrogen) atoms. The number of amides is 1. The van der Waals surface area contributed by atoms with Crippen LogP contribution >= 0.6 is 0 Å². The molecule has 1 saturated heterocycles. The largest absolute Gasteiger partial charge is 0.335 e. The van der Waals surface area contributed by atoms with E-state index >= 15 is 0 Å². The van der Waals surface area contributed by atoms with E-state index in [1.807, 2.05) is 12.1 Å². The summed E-state index contributed by atoms with van der Waals surface area (Å²) in [7, 11) is 0. The Bertz CT molecular complexity index is 996. The average Bonchev–Trinajstić information content (AvgIpc) is 2.80.